The first-order valence-electron chi connectivity index (χ1n) is 6.53. The molecule has 94 valence electrons. The van der Waals surface area contributed by atoms with Gasteiger partial charge in [-0.25, -0.2) is 0 Å². The van der Waals surface area contributed by atoms with Crippen molar-refractivity contribution in [1.29, 1.82) is 0 Å². The van der Waals surface area contributed by atoms with Gasteiger partial charge in [0.05, 0.1) is 0 Å². The van der Waals surface area contributed by atoms with E-state index >= 15 is 0 Å². The van der Waals surface area contributed by atoms with Crippen molar-refractivity contribution >= 4 is 0 Å². The predicted octanol–water partition coefficient (Wildman–Crippen LogP) is 5.05. The zero-order valence-electron chi connectivity index (χ0n) is 11.4. The highest BCUT2D eigenvalue weighted by Gasteiger charge is 2.02. The van der Waals surface area contributed by atoms with Crippen LogP contribution in [0.3, 0.4) is 0 Å². The molecule has 0 aliphatic heterocycles. The molecule has 0 bridgehead atoms. The van der Waals surface area contributed by atoms with Gasteiger partial charge in [-0.1, -0.05) is 37.1 Å². The second-order valence-corrected chi connectivity index (χ2v) is 4.75. The lowest BCUT2D eigenvalue weighted by atomic mass is 10.0. The van der Waals surface area contributed by atoms with Crippen molar-refractivity contribution < 1.29 is 4.74 Å². The molecule has 0 saturated heterocycles. The number of hydrogen-bond acceptors (Lipinski definition) is 1. The fraction of sp³-hybridized carbons (Fsp3) is 0.294. The van der Waals surface area contributed by atoms with Gasteiger partial charge in [-0.15, -0.1) is 0 Å². The van der Waals surface area contributed by atoms with Gasteiger partial charge < -0.3 is 4.74 Å². The Morgan fingerprint density at radius 2 is 1.56 bits per heavy atom. The Kier molecular flexibility index (Phi) is 4.03. The molecular formula is C17H20O. The van der Waals surface area contributed by atoms with E-state index < -0.39 is 0 Å². The number of aryl methyl sites for hydroxylation is 3. The minimum Gasteiger partial charge on any atom is -0.457 e. The van der Waals surface area contributed by atoms with Gasteiger partial charge in [0, 0.05) is 0 Å². The maximum Gasteiger partial charge on any atom is 0.127 e. The summed E-state index contributed by atoms with van der Waals surface area (Å²) in [6, 6.07) is 14.5. The van der Waals surface area contributed by atoms with Crippen molar-refractivity contribution in [2.45, 2.75) is 33.6 Å². The lowest BCUT2D eigenvalue weighted by Crippen LogP contribution is -1.91. The van der Waals surface area contributed by atoms with Crippen molar-refractivity contribution in [1.82, 2.24) is 0 Å². The molecule has 0 heterocycles. The van der Waals surface area contributed by atoms with E-state index in [9.17, 15) is 0 Å². The van der Waals surface area contributed by atoms with Crippen LogP contribution in [0.1, 0.15) is 30.0 Å². The molecule has 1 nitrogen and oxygen atoms in total. The number of hydrogen-bond donors (Lipinski definition) is 0. The Morgan fingerprint density at radius 3 is 2.22 bits per heavy atom. The first-order chi connectivity index (χ1) is 8.69. The van der Waals surface area contributed by atoms with Gasteiger partial charge >= 0.3 is 0 Å². The van der Waals surface area contributed by atoms with Crippen molar-refractivity contribution in [3.8, 4) is 11.5 Å². The monoisotopic (exact) mass is 240 g/mol. The summed E-state index contributed by atoms with van der Waals surface area (Å²) in [6.45, 7) is 6.43. The largest absolute Gasteiger partial charge is 0.457 e. The zero-order chi connectivity index (χ0) is 13.0. The minimum absolute atomic E-state index is 0.895. The van der Waals surface area contributed by atoms with Crippen LogP contribution in [0.4, 0.5) is 0 Å². The van der Waals surface area contributed by atoms with Crippen LogP contribution >= 0.6 is 0 Å². The summed E-state index contributed by atoms with van der Waals surface area (Å²) in [5, 5.41) is 0. The van der Waals surface area contributed by atoms with Crippen LogP contribution in [0.15, 0.2) is 42.5 Å². The Morgan fingerprint density at radius 1 is 0.889 bits per heavy atom. The Bertz CT molecular complexity index is 512. The van der Waals surface area contributed by atoms with Gasteiger partial charge in [0.1, 0.15) is 11.5 Å². The second-order valence-electron chi connectivity index (χ2n) is 4.75. The van der Waals surface area contributed by atoms with Gasteiger partial charge in [0.2, 0.25) is 0 Å². The van der Waals surface area contributed by atoms with Gasteiger partial charge in [-0.3, -0.25) is 0 Å². The van der Waals surface area contributed by atoms with Crippen molar-refractivity contribution in [3.05, 3.63) is 59.2 Å². The molecule has 2 aromatic rings. The van der Waals surface area contributed by atoms with E-state index in [1.807, 2.05) is 18.2 Å². The summed E-state index contributed by atoms with van der Waals surface area (Å²) >= 11 is 0. The Balaban J connectivity index is 2.18. The summed E-state index contributed by atoms with van der Waals surface area (Å²) in [6.07, 6.45) is 2.27. The van der Waals surface area contributed by atoms with Crippen molar-refractivity contribution in [2.75, 3.05) is 0 Å². The van der Waals surface area contributed by atoms with Gasteiger partial charge in [-0.05, 0) is 55.7 Å². The summed E-state index contributed by atoms with van der Waals surface area (Å²) < 4.78 is 5.88. The maximum atomic E-state index is 5.88. The van der Waals surface area contributed by atoms with Crippen LogP contribution in [0.5, 0.6) is 11.5 Å². The van der Waals surface area contributed by atoms with E-state index in [0.29, 0.717) is 0 Å². The van der Waals surface area contributed by atoms with Gasteiger partial charge in [0.25, 0.3) is 0 Å². The third kappa shape index (κ3) is 3.13. The van der Waals surface area contributed by atoms with E-state index in [0.717, 1.165) is 24.3 Å². The van der Waals surface area contributed by atoms with E-state index in [1.54, 1.807) is 0 Å². The number of rotatable bonds is 4. The summed E-state index contributed by atoms with van der Waals surface area (Å²) in [5.74, 6) is 1.82. The standard InChI is InChI=1S/C17H20O/c1-4-5-15-12-17(11-8-14(15)3)18-16-9-6-13(2)7-10-16/h6-12H,4-5H2,1-3H3. The molecule has 0 amide bonds. The highest BCUT2D eigenvalue weighted by Crippen LogP contribution is 2.24. The fourth-order valence-corrected chi connectivity index (χ4v) is 1.99. The third-order valence-electron chi connectivity index (χ3n) is 3.10. The Labute approximate surface area is 109 Å². The molecule has 0 fully saturated rings. The molecule has 0 saturated carbocycles. The molecule has 2 aromatic carbocycles. The molecule has 0 radical (unpaired) electrons. The third-order valence-corrected chi connectivity index (χ3v) is 3.10. The molecule has 18 heavy (non-hydrogen) atoms. The quantitative estimate of drug-likeness (QED) is 0.726. The summed E-state index contributed by atoms with van der Waals surface area (Å²) in [7, 11) is 0. The predicted molar refractivity (Wildman–Crippen MR) is 76.4 cm³/mol. The lowest BCUT2D eigenvalue weighted by Gasteiger charge is -2.10. The smallest absolute Gasteiger partial charge is 0.127 e. The van der Waals surface area contributed by atoms with E-state index in [2.05, 4.69) is 45.0 Å². The molecule has 0 spiro atoms. The highest BCUT2D eigenvalue weighted by molar-refractivity contribution is 5.38. The SMILES string of the molecule is CCCc1cc(Oc2ccc(C)cc2)ccc1C. The summed E-state index contributed by atoms with van der Waals surface area (Å²) in [5.41, 5.74) is 3.97. The van der Waals surface area contributed by atoms with Gasteiger partial charge in [-0.2, -0.15) is 0 Å². The molecule has 0 aliphatic rings. The normalized spacial score (nSPS) is 10.4. The molecule has 0 atom stereocenters. The minimum atomic E-state index is 0.895. The van der Waals surface area contributed by atoms with Crippen molar-refractivity contribution in [2.24, 2.45) is 0 Å². The van der Waals surface area contributed by atoms with Crippen molar-refractivity contribution in [3.63, 3.8) is 0 Å². The lowest BCUT2D eigenvalue weighted by molar-refractivity contribution is 0.481. The molecule has 0 aromatic heterocycles. The summed E-state index contributed by atoms with van der Waals surface area (Å²) in [4.78, 5) is 0. The van der Waals surface area contributed by atoms with E-state index in [-0.39, 0.29) is 0 Å². The number of benzene rings is 2. The first-order valence-corrected chi connectivity index (χ1v) is 6.53. The van der Waals surface area contributed by atoms with Crippen LogP contribution in [0, 0.1) is 13.8 Å². The first kappa shape index (κ1) is 12.7. The zero-order valence-corrected chi connectivity index (χ0v) is 11.4. The van der Waals surface area contributed by atoms with E-state index in [1.165, 1.54) is 16.7 Å². The molecular weight excluding hydrogens is 220 g/mol. The second kappa shape index (κ2) is 5.72. The van der Waals surface area contributed by atoms with E-state index in [4.69, 9.17) is 4.74 Å². The maximum absolute atomic E-state index is 5.88. The average molecular weight is 240 g/mol. The fourth-order valence-electron chi connectivity index (χ4n) is 1.99. The molecule has 0 N–H and O–H groups in total. The Hall–Kier alpha value is -1.76. The number of ether oxygens (including phenoxy) is 1. The van der Waals surface area contributed by atoms with Crippen LogP contribution in [-0.2, 0) is 6.42 Å². The molecule has 0 aliphatic carbocycles. The van der Waals surface area contributed by atoms with Gasteiger partial charge in [0.15, 0.2) is 0 Å². The average Bonchev–Trinajstić information content (AvgIpc) is 2.37. The molecule has 2 rings (SSSR count). The topological polar surface area (TPSA) is 9.23 Å². The van der Waals surface area contributed by atoms with Crippen LogP contribution in [-0.4, -0.2) is 0 Å². The van der Waals surface area contributed by atoms with Crippen LogP contribution in [0.25, 0.3) is 0 Å². The van der Waals surface area contributed by atoms with Crippen LogP contribution < -0.4 is 4.74 Å². The van der Waals surface area contributed by atoms with Crippen LogP contribution in [0.2, 0.25) is 0 Å². The molecule has 1 heteroatoms. The molecule has 0 unspecified atom stereocenters. The highest BCUT2D eigenvalue weighted by atomic mass is 16.5.